The quantitative estimate of drug-likeness (QED) is 0.896. The van der Waals surface area contributed by atoms with Crippen molar-refractivity contribution in [1.29, 1.82) is 0 Å². The van der Waals surface area contributed by atoms with Crippen molar-refractivity contribution in [2.75, 3.05) is 0 Å². The molecule has 108 valence electrons. The van der Waals surface area contributed by atoms with Crippen LogP contribution in [-0.2, 0) is 6.54 Å². The van der Waals surface area contributed by atoms with E-state index in [2.05, 4.69) is 49.5 Å². The molecule has 0 unspecified atom stereocenters. The van der Waals surface area contributed by atoms with Gasteiger partial charge in [0.25, 0.3) is 0 Å². The molecule has 3 heteroatoms. The zero-order chi connectivity index (χ0) is 14.1. The van der Waals surface area contributed by atoms with E-state index < -0.39 is 0 Å². The Kier molecular flexibility index (Phi) is 4.05. The van der Waals surface area contributed by atoms with Crippen LogP contribution in [0.3, 0.4) is 0 Å². The van der Waals surface area contributed by atoms with E-state index in [1.165, 1.54) is 31.4 Å². The molecule has 0 bridgehead atoms. The van der Waals surface area contributed by atoms with Gasteiger partial charge >= 0.3 is 0 Å². The average Bonchev–Trinajstić information content (AvgIpc) is 2.73. The maximum absolute atomic E-state index is 4.36. The van der Waals surface area contributed by atoms with E-state index in [1.54, 1.807) is 0 Å². The van der Waals surface area contributed by atoms with Gasteiger partial charge in [-0.1, -0.05) is 13.8 Å². The number of rotatable bonds is 3. The standard InChI is InChI=1S/C16H29N3/c1-15(2,3)18-11-14-10-17-12-19(14)13-6-8-16(4,5)9-7-13/h10,12-13,18H,6-9,11H2,1-5H3. The van der Waals surface area contributed by atoms with E-state index in [4.69, 9.17) is 0 Å². The highest BCUT2D eigenvalue weighted by molar-refractivity contribution is 5.02. The number of nitrogens with zero attached hydrogens (tertiary/aromatic N) is 2. The molecule has 1 aromatic rings. The van der Waals surface area contributed by atoms with Crippen molar-refractivity contribution in [2.45, 2.75) is 78.4 Å². The van der Waals surface area contributed by atoms with E-state index in [9.17, 15) is 0 Å². The maximum atomic E-state index is 4.36. The Bertz CT molecular complexity index is 402. The van der Waals surface area contributed by atoms with Crippen LogP contribution in [0.1, 0.15) is 72.0 Å². The second-order valence-corrected chi connectivity index (χ2v) is 7.79. The molecule has 0 aromatic carbocycles. The van der Waals surface area contributed by atoms with E-state index in [0.29, 0.717) is 11.5 Å². The lowest BCUT2D eigenvalue weighted by molar-refractivity contribution is 0.191. The number of imidazole rings is 1. The zero-order valence-electron chi connectivity index (χ0n) is 13.2. The van der Waals surface area contributed by atoms with Crippen LogP contribution < -0.4 is 5.32 Å². The molecule has 1 saturated carbocycles. The van der Waals surface area contributed by atoms with E-state index in [0.717, 1.165) is 6.54 Å². The second-order valence-electron chi connectivity index (χ2n) is 7.79. The first-order valence-corrected chi connectivity index (χ1v) is 7.53. The molecule has 0 atom stereocenters. The fraction of sp³-hybridized carbons (Fsp3) is 0.812. The molecule has 19 heavy (non-hydrogen) atoms. The van der Waals surface area contributed by atoms with E-state index in [-0.39, 0.29) is 5.54 Å². The highest BCUT2D eigenvalue weighted by atomic mass is 15.1. The lowest BCUT2D eigenvalue weighted by Crippen LogP contribution is -2.36. The Morgan fingerprint density at radius 1 is 1.32 bits per heavy atom. The van der Waals surface area contributed by atoms with Crippen molar-refractivity contribution in [3.05, 3.63) is 18.2 Å². The summed E-state index contributed by atoms with van der Waals surface area (Å²) in [4.78, 5) is 4.36. The molecule has 0 aliphatic heterocycles. The molecule has 1 heterocycles. The van der Waals surface area contributed by atoms with Crippen LogP contribution in [0.5, 0.6) is 0 Å². The van der Waals surface area contributed by atoms with Crippen LogP contribution in [0.2, 0.25) is 0 Å². The molecule has 0 spiro atoms. The van der Waals surface area contributed by atoms with Crippen LogP contribution >= 0.6 is 0 Å². The van der Waals surface area contributed by atoms with Crippen molar-refractivity contribution >= 4 is 0 Å². The van der Waals surface area contributed by atoms with E-state index >= 15 is 0 Å². The number of hydrogen-bond donors (Lipinski definition) is 1. The molecule has 1 N–H and O–H groups in total. The smallest absolute Gasteiger partial charge is 0.0951 e. The van der Waals surface area contributed by atoms with E-state index in [1.807, 2.05) is 12.5 Å². The summed E-state index contributed by atoms with van der Waals surface area (Å²) in [5.41, 5.74) is 2.00. The van der Waals surface area contributed by atoms with Crippen LogP contribution in [0.4, 0.5) is 0 Å². The predicted molar refractivity (Wildman–Crippen MR) is 80.1 cm³/mol. The van der Waals surface area contributed by atoms with Gasteiger partial charge in [-0.25, -0.2) is 4.98 Å². The average molecular weight is 263 g/mol. The Hall–Kier alpha value is -0.830. The fourth-order valence-electron chi connectivity index (χ4n) is 2.82. The van der Waals surface area contributed by atoms with Crippen LogP contribution in [0, 0.1) is 5.41 Å². The van der Waals surface area contributed by atoms with Crippen molar-refractivity contribution < 1.29 is 0 Å². The molecule has 2 rings (SSSR count). The summed E-state index contributed by atoms with van der Waals surface area (Å²) in [6, 6.07) is 0.646. The van der Waals surface area contributed by atoms with Gasteiger partial charge in [0.15, 0.2) is 0 Å². The maximum Gasteiger partial charge on any atom is 0.0951 e. The first kappa shape index (κ1) is 14.6. The number of aromatic nitrogens is 2. The summed E-state index contributed by atoms with van der Waals surface area (Å²) >= 11 is 0. The third-order valence-electron chi connectivity index (χ3n) is 4.25. The van der Waals surface area contributed by atoms with Gasteiger partial charge in [-0.05, 0) is 51.9 Å². The van der Waals surface area contributed by atoms with Gasteiger partial charge in [-0.15, -0.1) is 0 Å². The molecular formula is C16H29N3. The highest BCUT2D eigenvalue weighted by Gasteiger charge is 2.28. The van der Waals surface area contributed by atoms with Gasteiger partial charge < -0.3 is 9.88 Å². The third-order valence-corrected chi connectivity index (χ3v) is 4.25. The first-order chi connectivity index (χ1) is 8.77. The zero-order valence-corrected chi connectivity index (χ0v) is 13.2. The molecule has 0 saturated heterocycles. The van der Waals surface area contributed by atoms with Crippen molar-refractivity contribution in [2.24, 2.45) is 5.41 Å². The molecule has 1 fully saturated rings. The van der Waals surface area contributed by atoms with Gasteiger partial charge in [0.2, 0.25) is 0 Å². The number of nitrogens with one attached hydrogen (secondary N) is 1. The summed E-state index contributed by atoms with van der Waals surface area (Å²) < 4.78 is 2.40. The van der Waals surface area contributed by atoms with Crippen molar-refractivity contribution in [1.82, 2.24) is 14.9 Å². The summed E-state index contributed by atoms with van der Waals surface area (Å²) in [6.45, 7) is 12.3. The van der Waals surface area contributed by atoms with Crippen molar-refractivity contribution in [3.63, 3.8) is 0 Å². The van der Waals surface area contributed by atoms with Crippen LogP contribution in [0.15, 0.2) is 12.5 Å². The Balaban J connectivity index is 2.00. The normalized spacial score (nSPS) is 20.7. The molecule has 3 nitrogen and oxygen atoms in total. The van der Waals surface area contributed by atoms with Crippen LogP contribution in [-0.4, -0.2) is 15.1 Å². The first-order valence-electron chi connectivity index (χ1n) is 7.53. The third kappa shape index (κ3) is 4.07. The lowest BCUT2D eigenvalue weighted by atomic mass is 9.75. The van der Waals surface area contributed by atoms with Gasteiger partial charge in [0.1, 0.15) is 0 Å². The second kappa shape index (κ2) is 5.28. The molecule has 1 aliphatic carbocycles. The Labute approximate surface area is 117 Å². The van der Waals surface area contributed by atoms with Crippen LogP contribution in [0.25, 0.3) is 0 Å². The molecule has 1 aromatic heterocycles. The topological polar surface area (TPSA) is 29.9 Å². The molecule has 0 amide bonds. The predicted octanol–water partition coefficient (Wildman–Crippen LogP) is 3.91. The Morgan fingerprint density at radius 3 is 2.53 bits per heavy atom. The molecule has 1 aliphatic rings. The minimum atomic E-state index is 0.156. The summed E-state index contributed by atoms with van der Waals surface area (Å²) in [5, 5.41) is 3.56. The lowest BCUT2D eigenvalue weighted by Gasteiger charge is -2.35. The fourth-order valence-corrected chi connectivity index (χ4v) is 2.82. The summed E-state index contributed by atoms with van der Waals surface area (Å²) in [6.07, 6.45) is 9.24. The summed E-state index contributed by atoms with van der Waals surface area (Å²) in [5.74, 6) is 0. The van der Waals surface area contributed by atoms with Gasteiger partial charge in [0.05, 0.1) is 12.0 Å². The van der Waals surface area contributed by atoms with Crippen molar-refractivity contribution in [3.8, 4) is 0 Å². The largest absolute Gasteiger partial charge is 0.330 e. The van der Waals surface area contributed by atoms with Gasteiger partial charge in [-0.3, -0.25) is 0 Å². The van der Waals surface area contributed by atoms with Gasteiger partial charge in [0, 0.05) is 24.3 Å². The SMILES string of the molecule is CC1(C)CCC(n2cncc2CNC(C)(C)C)CC1. The Morgan fingerprint density at radius 2 is 1.95 bits per heavy atom. The van der Waals surface area contributed by atoms with Gasteiger partial charge in [-0.2, -0.15) is 0 Å². The highest BCUT2D eigenvalue weighted by Crippen LogP contribution is 2.40. The molecular weight excluding hydrogens is 234 g/mol. The minimum absolute atomic E-state index is 0.156. The molecule has 0 radical (unpaired) electrons. The summed E-state index contributed by atoms with van der Waals surface area (Å²) in [7, 11) is 0. The number of hydrogen-bond acceptors (Lipinski definition) is 2. The minimum Gasteiger partial charge on any atom is -0.330 e. The monoisotopic (exact) mass is 263 g/mol.